The van der Waals surface area contributed by atoms with E-state index in [1.165, 1.54) is 11.8 Å². The van der Waals surface area contributed by atoms with Gasteiger partial charge in [-0.1, -0.05) is 40.0 Å². The Labute approximate surface area is 224 Å². The van der Waals surface area contributed by atoms with Crippen LogP contribution < -0.4 is 16.0 Å². The van der Waals surface area contributed by atoms with Crippen molar-refractivity contribution in [3.63, 3.8) is 0 Å². The van der Waals surface area contributed by atoms with Crippen molar-refractivity contribution in [3.8, 4) is 0 Å². The predicted molar refractivity (Wildman–Crippen MR) is 138 cm³/mol. The smallest absolute Gasteiger partial charge is 0.246 e. The van der Waals surface area contributed by atoms with E-state index >= 15 is 0 Å². The first-order valence-electron chi connectivity index (χ1n) is 13.8. The maximum atomic E-state index is 13.8. The molecule has 4 atom stereocenters. The van der Waals surface area contributed by atoms with E-state index in [9.17, 15) is 32.8 Å². The van der Waals surface area contributed by atoms with E-state index in [-0.39, 0.29) is 31.0 Å². The molecule has 0 aromatic rings. The molecule has 2 rings (SSSR count). The maximum absolute atomic E-state index is 13.8. The number of ketones is 1. The van der Waals surface area contributed by atoms with Crippen LogP contribution in [0.15, 0.2) is 0 Å². The van der Waals surface area contributed by atoms with Gasteiger partial charge in [0.05, 0.1) is 6.04 Å². The Morgan fingerprint density at radius 2 is 1.63 bits per heavy atom. The molecule has 1 saturated heterocycles. The standard InChI is InChI=1S/C27H44F2N4O5/c1-17(35)19(12-8-14-21(28)29)31-24(36)20-13-9-15-33(20)26(38)23(27(2,3)4)32-25(37)22(30-16-34)18-10-6-5-7-11-18/h16,18-23H,5-15H2,1-4H3,(H,30,34)(H,31,36)(H,32,37)/t19?,20?,22-,23?/m0/s1. The SMILES string of the molecule is CC(=O)C(CCCC(F)F)NC(=O)C1CCCN1C(=O)C(NC(=O)[C@@H](NC=O)C1CCCCC1)C(C)(C)C. The number of hydrogen-bond donors (Lipinski definition) is 3. The molecule has 0 aromatic carbocycles. The highest BCUT2D eigenvalue weighted by molar-refractivity contribution is 5.95. The van der Waals surface area contributed by atoms with Gasteiger partial charge < -0.3 is 20.9 Å². The summed E-state index contributed by atoms with van der Waals surface area (Å²) in [7, 11) is 0. The number of halogens is 2. The van der Waals surface area contributed by atoms with Gasteiger partial charge in [0.15, 0.2) is 5.78 Å². The molecular formula is C27H44F2N4O5. The second-order valence-corrected chi connectivity index (χ2v) is 11.7. The normalized spacial score (nSPS) is 20.9. The molecular weight excluding hydrogens is 498 g/mol. The van der Waals surface area contributed by atoms with Gasteiger partial charge in [-0.15, -0.1) is 0 Å². The van der Waals surface area contributed by atoms with Crippen molar-refractivity contribution >= 4 is 29.9 Å². The minimum atomic E-state index is -2.48. The van der Waals surface area contributed by atoms with Crippen molar-refractivity contribution in [2.75, 3.05) is 6.54 Å². The zero-order valence-corrected chi connectivity index (χ0v) is 23.1. The van der Waals surface area contributed by atoms with E-state index in [2.05, 4.69) is 16.0 Å². The zero-order valence-electron chi connectivity index (χ0n) is 23.1. The molecule has 11 heteroatoms. The van der Waals surface area contributed by atoms with Crippen LogP contribution in [0.4, 0.5) is 8.78 Å². The van der Waals surface area contributed by atoms with Crippen LogP contribution in [0.3, 0.4) is 0 Å². The van der Waals surface area contributed by atoms with E-state index in [1.807, 2.05) is 20.8 Å². The van der Waals surface area contributed by atoms with Crippen LogP contribution in [0.1, 0.15) is 91.9 Å². The molecule has 1 aliphatic heterocycles. The number of nitrogens with one attached hydrogen (secondary N) is 3. The summed E-state index contributed by atoms with van der Waals surface area (Å²) in [5, 5.41) is 8.15. The Morgan fingerprint density at radius 3 is 2.18 bits per heavy atom. The van der Waals surface area contributed by atoms with Crippen molar-refractivity contribution in [2.45, 2.75) is 122 Å². The molecule has 3 unspecified atom stereocenters. The number of carbonyl (C=O) groups is 5. The van der Waals surface area contributed by atoms with Crippen LogP contribution in [-0.2, 0) is 24.0 Å². The molecule has 0 spiro atoms. The molecule has 2 fully saturated rings. The fourth-order valence-corrected chi connectivity index (χ4v) is 5.44. The van der Waals surface area contributed by atoms with Gasteiger partial charge in [0.25, 0.3) is 0 Å². The first kappa shape index (κ1) is 31.6. The minimum Gasteiger partial charge on any atom is -0.347 e. The molecule has 9 nitrogen and oxygen atoms in total. The van der Waals surface area contributed by atoms with Gasteiger partial charge in [0.1, 0.15) is 18.1 Å². The van der Waals surface area contributed by atoms with Crippen molar-refractivity contribution in [1.29, 1.82) is 0 Å². The number of amides is 4. The van der Waals surface area contributed by atoms with Gasteiger partial charge in [-0.05, 0) is 56.8 Å². The van der Waals surface area contributed by atoms with E-state index in [1.54, 1.807) is 0 Å². The topological polar surface area (TPSA) is 125 Å². The molecule has 38 heavy (non-hydrogen) atoms. The highest BCUT2D eigenvalue weighted by atomic mass is 19.3. The second-order valence-electron chi connectivity index (χ2n) is 11.7. The van der Waals surface area contributed by atoms with Gasteiger partial charge in [-0.25, -0.2) is 8.78 Å². The molecule has 0 bridgehead atoms. The summed E-state index contributed by atoms with van der Waals surface area (Å²) < 4.78 is 25.1. The Bertz CT molecular complexity index is 842. The highest BCUT2D eigenvalue weighted by Crippen LogP contribution is 2.29. The molecule has 1 aliphatic carbocycles. The lowest BCUT2D eigenvalue weighted by Gasteiger charge is -2.37. The third kappa shape index (κ3) is 9.01. The summed E-state index contributed by atoms with van der Waals surface area (Å²) in [6.45, 7) is 7.07. The number of rotatable bonds is 13. The maximum Gasteiger partial charge on any atom is 0.246 e. The Balaban J connectivity index is 2.15. The van der Waals surface area contributed by atoms with Crippen molar-refractivity contribution in [1.82, 2.24) is 20.9 Å². The fraction of sp³-hybridized carbons (Fsp3) is 0.815. The zero-order chi connectivity index (χ0) is 28.5. The van der Waals surface area contributed by atoms with Crippen LogP contribution in [0, 0.1) is 11.3 Å². The summed E-state index contributed by atoms with van der Waals surface area (Å²) in [6, 6.07) is -3.42. The Kier molecular flexibility index (Phi) is 12.1. The van der Waals surface area contributed by atoms with Gasteiger partial charge in [0, 0.05) is 13.0 Å². The van der Waals surface area contributed by atoms with Crippen LogP contribution in [-0.4, -0.2) is 72.0 Å². The molecule has 0 aromatic heterocycles. The molecule has 3 N–H and O–H groups in total. The van der Waals surface area contributed by atoms with Crippen molar-refractivity contribution < 1.29 is 32.8 Å². The highest BCUT2D eigenvalue weighted by Gasteiger charge is 2.43. The lowest BCUT2D eigenvalue weighted by Crippen LogP contribution is -2.61. The van der Waals surface area contributed by atoms with Crippen LogP contribution in [0.5, 0.6) is 0 Å². The van der Waals surface area contributed by atoms with Gasteiger partial charge >= 0.3 is 0 Å². The number of hydrogen-bond acceptors (Lipinski definition) is 5. The number of alkyl halides is 2. The van der Waals surface area contributed by atoms with Crippen molar-refractivity contribution in [3.05, 3.63) is 0 Å². The van der Waals surface area contributed by atoms with Crippen molar-refractivity contribution in [2.24, 2.45) is 11.3 Å². The first-order chi connectivity index (χ1) is 17.9. The third-order valence-corrected chi connectivity index (χ3v) is 7.61. The molecule has 1 heterocycles. The Morgan fingerprint density at radius 1 is 0.974 bits per heavy atom. The van der Waals surface area contributed by atoms with Crippen LogP contribution in [0.2, 0.25) is 0 Å². The van der Waals surface area contributed by atoms with Gasteiger partial charge in [0.2, 0.25) is 30.6 Å². The largest absolute Gasteiger partial charge is 0.347 e. The Hall–Kier alpha value is -2.59. The lowest BCUT2D eigenvalue weighted by atomic mass is 9.82. The van der Waals surface area contributed by atoms with Gasteiger partial charge in [-0.2, -0.15) is 0 Å². The number of Topliss-reactive ketones (excluding diaryl/α,β-unsaturated/α-hetero) is 1. The monoisotopic (exact) mass is 542 g/mol. The van der Waals surface area contributed by atoms with E-state index < -0.39 is 53.7 Å². The third-order valence-electron chi connectivity index (χ3n) is 7.61. The average molecular weight is 543 g/mol. The lowest BCUT2D eigenvalue weighted by molar-refractivity contribution is -0.144. The van der Waals surface area contributed by atoms with Crippen LogP contribution in [0.25, 0.3) is 0 Å². The fourth-order valence-electron chi connectivity index (χ4n) is 5.44. The van der Waals surface area contributed by atoms with Crippen LogP contribution >= 0.6 is 0 Å². The molecule has 2 aliphatic rings. The first-order valence-corrected chi connectivity index (χ1v) is 13.8. The summed E-state index contributed by atoms with van der Waals surface area (Å²) >= 11 is 0. The summed E-state index contributed by atoms with van der Waals surface area (Å²) in [4.78, 5) is 64.9. The minimum absolute atomic E-state index is 0.0106. The number of likely N-dealkylation sites (tertiary alicyclic amines) is 1. The summed E-state index contributed by atoms with van der Waals surface area (Å²) in [5.74, 6) is -1.68. The molecule has 216 valence electrons. The second kappa shape index (κ2) is 14.5. The summed E-state index contributed by atoms with van der Waals surface area (Å²) in [6.07, 6.45) is 3.49. The molecule has 1 saturated carbocycles. The van der Waals surface area contributed by atoms with E-state index in [0.717, 1.165) is 32.1 Å². The molecule has 4 amide bonds. The number of carbonyl (C=O) groups excluding carboxylic acids is 5. The van der Waals surface area contributed by atoms with Gasteiger partial charge in [-0.3, -0.25) is 24.0 Å². The quantitative estimate of drug-likeness (QED) is 0.309. The average Bonchev–Trinajstić information content (AvgIpc) is 3.34. The molecule has 0 radical (unpaired) electrons. The summed E-state index contributed by atoms with van der Waals surface area (Å²) in [5.41, 5.74) is -0.689. The predicted octanol–water partition coefficient (Wildman–Crippen LogP) is 2.71. The van der Waals surface area contributed by atoms with E-state index in [0.29, 0.717) is 25.8 Å². The number of nitrogens with zero attached hydrogens (tertiary/aromatic N) is 1. The van der Waals surface area contributed by atoms with E-state index in [4.69, 9.17) is 0 Å².